The highest BCUT2D eigenvalue weighted by Crippen LogP contribution is 2.56. The fraction of sp³-hybridized carbons (Fsp3) is 0.650. The summed E-state index contributed by atoms with van der Waals surface area (Å²) < 4.78 is 5.29. The first-order valence-electron chi connectivity index (χ1n) is 8.58. The van der Waals surface area contributed by atoms with Crippen molar-refractivity contribution in [2.24, 2.45) is 0 Å². The molecular formula is C20H31NO4. The number of nitrogens with zero attached hydrogens (tertiary/aromatic N) is 1. The lowest BCUT2D eigenvalue weighted by Gasteiger charge is -2.59. The van der Waals surface area contributed by atoms with Gasteiger partial charge in [0.25, 0.3) is 0 Å². The molecule has 0 spiro atoms. The number of fused-ring (bicyclic) bond motifs is 1. The van der Waals surface area contributed by atoms with E-state index in [1.807, 2.05) is 27.0 Å². The van der Waals surface area contributed by atoms with Crippen molar-refractivity contribution in [3.63, 3.8) is 0 Å². The van der Waals surface area contributed by atoms with E-state index in [2.05, 4.69) is 4.90 Å². The Hall–Kier alpha value is -1.59. The highest BCUT2D eigenvalue weighted by molar-refractivity contribution is 5.82. The highest BCUT2D eigenvalue weighted by atomic mass is 16.5. The zero-order valence-electron chi connectivity index (χ0n) is 14.9. The van der Waals surface area contributed by atoms with E-state index in [0.717, 1.165) is 12.1 Å². The van der Waals surface area contributed by atoms with Gasteiger partial charge in [-0.1, -0.05) is 13.5 Å². The van der Waals surface area contributed by atoms with Gasteiger partial charge < -0.3 is 19.8 Å². The third-order valence-electron chi connectivity index (χ3n) is 6.40. The van der Waals surface area contributed by atoms with Crippen LogP contribution in [0.25, 0.3) is 0 Å². The first kappa shape index (κ1) is 19.7. The molecule has 2 aliphatic rings. The van der Waals surface area contributed by atoms with Crippen LogP contribution in [0.4, 0.5) is 0 Å². The third-order valence-corrected chi connectivity index (χ3v) is 6.40. The van der Waals surface area contributed by atoms with Crippen LogP contribution in [0.3, 0.4) is 0 Å². The molecule has 140 valence electrons. The summed E-state index contributed by atoms with van der Waals surface area (Å²) in [6.45, 7) is 4.70. The Kier molecular flexibility index (Phi) is 5.22. The topological polar surface area (TPSA) is 70.0 Å². The monoisotopic (exact) mass is 349 g/mol. The molecule has 25 heavy (non-hydrogen) atoms. The Balaban J connectivity index is 0.00000225. The Bertz CT molecular complexity index is 674. The van der Waals surface area contributed by atoms with Gasteiger partial charge in [-0.25, -0.2) is 0 Å². The summed E-state index contributed by atoms with van der Waals surface area (Å²) in [6, 6.07) is 3.53. The summed E-state index contributed by atoms with van der Waals surface area (Å²) in [5, 5.41) is 22.6. The number of aliphatic hydroxyl groups is 1. The summed E-state index contributed by atoms with van der Waals surface area (Å²) in [5.74, 6) is 0.595. The fourth-order valence-corrected chi connectivity index (χ4v) is 4.86. The van der Waals surface area contributed by atoms with Crippen molar-refractivity contribution >= 4 is 5.78 Å². The molecular weight excluding hydrogens is 318 g/mol. The van der Waals surface area contributed by atoms with Crippen molar-refractivity contribution < 1.29 is 19.7 Å². The van der Waals surface area contributed by atoms with Crippen LogP contribution in [-0.4, -0.2) is 53.2 Å². The number of likely N-dealkylation sites (N-methyl/N-ethyl adjacent to an activating group) is 1. The number of aryl methyl sites for hydroxylation is 1. The van der Waals surface area contributed by atoms with Gasteiger partial charge >= 0.3 is 0 Å². The number of piperidine rings is 1. The summed E-state index contributed by atoms with van der Waals surface area (Å²) in [6.07, 6.45) is 1.72. The Morgan fingerprint density at radius 2 is 2.00 bits per heavy atom. The van der Waals surface area contributed by atoms with Crippen molar-refractivity contribution in [1.82, 2.24) is 4.90 Å². The number of methoxy groups -OCH3 is 1. The minimum atomic E-state index is -1.05. The lowest BCUT2D eigenvalue weighted by Crippen LogP contribution is -2.69. The van der Waals surface area contributed by atoms with Crippen LogP contribution in [0, 0.1) is 6.92 Å². The minimum absolute atomic E-state index is 0. The zero-order chi connectivity index (χ0) is 17.7. The molecule has 0 radical (unpaired) electrons. The molecule has 1 aromatic rings. The molecule has 1 aliphatic heterocycles. The normalized spacial score (nSPS) is 32.7. The van der Waals surface area contributed by atoms with Crippen LogP contribution in [0.2, 0.25) is 0 Å². The number of rotatable bonds is 2. The SMILES string of the molecule is C.COc1ccc(C)c([C@]23CCN(C)C(C)C2(O)CCC(=O)C3)c1O. The predicted octanol–water partition coefficient (Wildman–Crippen LogP) is 2.79. The van der Waals surface area contributed by atoms with Crippen molar-refractivity contribution in [2.75, 3.05) is 20.7 Å². The van der Waals surface area contributed by atoms with Crippen LogP contribution in [-0.2, 0) is 10.2 Å². The Morgan fingerprint density at radius 3 is 2.64 bits per heavy atom. The number of phenols is 1. The molecule has 1 saturated heterocycles. The number of ketones is 1. The van der Waals surface area contributed by atoms with Gasteiger partial charge in [0.05, 0.1) is 12.7 Å². The number of aromatic hydroxyl groups is 1. The van der Waals surface area contributed by atoms with Gasteiger partial charge in [-0.2, -0.15) is 0 Å². The van der Waals surface area contributed by atoms with Crippen molar-refractivity contribution in [3.8, 4) is 11.5 Å². The van der Waals surface area contributed by atoms with E-state index in [0.29, 0.717) is 30.6 Å². The Morgan fingerprint density at radius 1 is 1.32 bits per heavy atom. The molecule has 0 aromatic heterocycles. The highest BCUT2D eigenvalue weighted by Gasteiger charge is 2.61. The molecule has 1 heterocycles. The summed E-state index contributed by atoms with van der Waals surface area (Å²) in [5.41, 5.74) is -0.255. The van der Waals surface area contributed by atoms with Crippen LogP contribution < -0.4 is 4.74 Å². The molecule has 2 N–H and O–H groups in total. The van der Waals surface area contributed by atoms with Crippen molar-refractivity contribution in [1.29, 1.82) is 0 Å². The fourth-order valence-electron chi connectivity index (χ4n) is 4.86. The number of likely N-dealkylation sites (tertiary alicyclic amines) is 1. The van der Waals surface area contributed by atoms with E-state index in [1.165, 1.54) is 7.11 Å². The average Bonchev–Trinajstić information content (AvgIpc) is 2.54. The van der Waals surface area contributed by atoms with Gasteiger partial charge in [0.1, 0.15) is 5.78 Å². The number of hydrogen-bond donors (Lipinski definition) is 2. The second-order valence-corrected chi connectivity index (χ2v) is 7.44. The smallest absolute Gasteiger partial charge is 0.161 e. The quantitative estimate of drug-likeness (QED) is 0.859. The molecule has 5 nitrogen and oxygen atoms in total. The lowest BCUT2D eigenvalue weighted by atomic mass is 9.53. The molecule has 2 unspecified atom stereocenters. The van der Waals surface area contributed by atoms with Crippen molar-refractivity contribution in [2.45, 2.75) is 64.0 Å². The standard InChI is InChI=1S/C19H27NO4.CH4/c1-12-5-6-15(24-4)17(22)16(12)18-9-10-20(3)13(2)19(18,23)8-7-14(21)11-18;/h5-6,13,22-23H,7-11H2,1-4H3;1H4/t13?,18-,19?;/m1./s1. The molecule has 1 aliphatic carbocycles. The molecule has 3 rings (SSSR count). The second kappa shape index (κ2) is 6.61. The number of Topliss-reactive ketones (excluding diaryl/α,β-unsaturated/α-hetero) is 1. The van der Waals surface area contributed by atoms with Gasteiger partial charge in [-0.3, -0.25) is 4.79 Å². The maximum absolute atomic E-state index is 12.4. The first-order valence-corrected chi connectivity index (χ1v) is 8.58. The van der Waals surface area contributed by atoms with Gasteiger partial charge in [0.2, 0.25) is 0 Å². The summed E-state index contributed by atoms with van der Waals surface area (Å²) >= 11 is 0. The minimum Gasteiger partial charge on any atom is -0.504 e. The molecule has 0 bridgehead atoms. The van der Waals surface area contributed by atoms with E-state index in [-0.39, 0.29) is 31.4 Å². The molecule has 1 saturated carbocycles. The van der Waals surface area contributed by atoms with E-state index >= 15 is 0 Å². The van der Waals surface area contributed by atoms with Crippen LogP contribution in [0.15, 0.2) is 12.1 Å². The van der Waals surface area contributed by atoms with Crippen LogP contribution >= 0.6 is 0 Å². The summed E-state index contributed by atoms with van der Waals surface area (Å²) in [7, 11) is 3.52. The van der Waals surface area contributed by atoms with E-state index in [9.17, 15) is 15.0 Å². The number of carbonyl (C=O) groups is 1. The third kappa shape index (κ3) is 2.64. The van der Waals surface area contributed by atoms with Crippen LogP contribution in [0.1, 0.15) is 51.2 Å². The van der Waals surface area contributed by atoms with Gasteiger partial charge in [0.15, 0.2) is 11.5 Å². The predicted molar refractivity (Wildman–Crippen MR) is 98.3 cm³/mol. The van der Waals surface area contributed by atoms with Crippen LogP contribution in [0.5, 0.6) is 11.5 Å². The van der Waals surface area contributed by atoms with Gasteiger partial charge in [0, 0.05) is 29.9 Å². The van der Waals surface area contributed by atoms with E-state index in [4.69, 9.17) is 4.74 Å². The second-order valence-electron chi connectivity index (χ2n) is 7.44. The van der Waals surface area contributed by atoms with Gasteiger partial charge in [-0.15, -0.1) is 0 Å². The molecule has 1 aromatic carbocycles. The number of hydrogen-bond acceptors (Lipinski definition) is 5. The number of phenolic OH excluding ortho intramolecular Hbond substituents is 1. The van der Waals surface area contributed by atoms with Crippen molar-refractivity contribution in [3.05, 3.63) is 23.3 Å². The first-order chi connectivity index (χ1) is 11.3. The van der Waals surface area contributed by atoms with E-state index < -0.39 is 11.0 Å². The molecule has 2 fully saturated rings. The van der Waals surface area contributed by atoms with E-state index in [1.54, 1.807) is 6.07 Å². The number of ether oxygens (including phenoxy) is 1. The average molecular weight is 349 g/mol. The Labute approximate surface area is 150 Å². The maximum Gasteiger partial charge on any atom is 0.161 e. The van der Waals surface area contributed by atoms with Gasteiger partial charge in [-0.05, 0) is 51.9 Å². The zero-order valence-corrected chi connectivity index (χ0v) is 14.9. The number of carbonyl (C=O) groups excluding carboxylic acids is 1. The maximum atomic E-state index is 12.4. The number of benzene rings is 1. The largest absolute Gasteiger partial charge is 0.504 e. The molecule has 0 amide bonds. The lowest BCUT2D eigenvalue weighted by molar-refractivity contribution is -0.161. The molecule has 3 atom stereocenters. The summed E-state index contributed by atoms with van der Waals surface area (Å²) in [4.78, 5) is 14.5. The molecule has 5 heteroatoms.